The zero-order valence-corrected chi connectivity index (χ0v) is 12.0. The maximum Gasteiger partial charge on any atom is 0.305 e. The van der Waals surface area contributed by atoms with Crippen LogP contribution >= 0.6 is 0 Å². The first kappa shape index (κ1) is 16.0. The van der Waals surface area contributed by atoms with Gasteiger partial charge in [-0.1, -0.05) is 12.8 Å². The van der Waals surface area contributed by atoms with Gasteiger partial charge < -0.3 is 14.7 Å². The Labute approximate surface area is 114 Å². The number of nitrogens with zero attached hydrogens (tertiary/aromatic N) is 1. The number of carbonyl (C=O) groups excluding carboxylic acids is 1. The summed E-state index contributed by atoms with van der Waals surface area (Å²) in [7, 11) is 1.65. The smallest absolute Gasteiger partial charge is 0.305 e. The second-order valence-electron chi connectivity index (χ2n) is 5.26. The van der Waals surface area contributed by atoms with Crippen molar-refractivity contribution in [2.45, 2.75) is 45.4 Å². The summed E-state index contributed by atoms with van der Waals surface area (Å²) in [5, 5.41) is 8.75. The molecule has 0 spiro atoms. The first-order valence-electron chi connectivity index (χ1n) is 7.06. The van der Waals surface area contributed by atoms with Crippen molar-refractivity contribution in [1.29, 1.82) is 0 Å². The van der Waals surface area contributed by atoms with Gasteiger partial charge >= 0.3 is 5.97 Å². The molecule has 1 rings (SSSR count). The number of methoxy groups -OCH3 is 1. The minimum atomic E-state index is -0.858. The Kier molecular flexibility index (Phi) is 6.28. The normalized spacial score (nSPS) is 17.4. The van der Waals surface area contributed by atoms with Crippen LogP contribution in [0, 0.1) is 5.41 Å². The third-order valence-electron chi connectivity index (χ3n) is 4.06. The monoisotopic (exact) mass is 271 g/mol. The van der Waals surface area contributed by atoms with Crippen LogP contribution in [0.4, 0.5) is 0 Å². The van der Waals surface area contributed by atoms with Gasteiger partial charge in [0.25, 0.3) is 0 Å². The Morgan fingerprint density at radius 2 is 1.95 bits per heavy atom. The number of ether oxygens (including phenoxy) is 1. The average Bonchev–Trinajstić information content (AvgIpc) is 2.86. The highest BCUT2D eigenvalue weighted by Crippen LogP contribution is 2.42. The Morgan fingerprint density at radius 3 is 2.42 bits per heavy atom. The maximum atomic E-state index is 12.7. The molecule has 0 aliphatic heterocycles. The van der Waals surface area contributed by atoms with Gasteiger partial charge in [-0.05, 0) is 26.2 Å². The van der Waals surface area contributed by atoms with Crippen molar-refractivity contribution >= 4 is 11.9 Å². The van der Waals surface area contributed by atoms with Crippen molar-refractivity contribution in [3.05, 3.63) is 0 Å². The van der Waals surface area contributed by atoms with E-state index in [-0.39, 0.29) is 17.7 Å². The molecule has 1 aliphatic rings. The van der Waals surface area contributed by atoms with Crippen LogP contribution in [-0.4, -0.2) is 48.7 Å². The van der Waals surface area contributed by atoms with E-state index in [1.165, 1.54) is 0 Å². The zero-order chi connectivity index (χ0) is 14.3. The van der Waals surface area contributed by atoms with E-state index in [1.807, 2.05) is 6.92 Å². The largest absolute Gasteiger partial charge is 0.481 e. The van der Waals surface area contributed by atoms with Gasteiger partial charge in [-0.25, -0.2) is 0 Å². The molecule has 5 heteroatoms. The second kappa shape index (κ2) is 7.48. The van der Waals surface area contributed by atoms with E-state index in [9.17, 15) is 9.59 Å². The molecule has 19 heavy (non-hydrogen) atoms. The number of hydrogen-bond donors (Lipinski definition) is 1. The number of carbonyl (C=O) groups is 2. The fourth-order valence-corrected chi connectivity index (χ4v) is 2.89. The van der Waals surface area contributed by atoms with Gasteiger partial charge in [-0.2, -0.15) is 0 Å². The van der Waals surface area contributed by atoms with Crippen LogP contribution in [0.2, 0.25) is 0 Å². The summed E-state index contributed by atoms with van der Waals surface area (Å²) in [6.45, 7) is 3.36. The van der Waals surface area contributed by atoms with Crippen molar-refractivity contribution in [3.63, 3.8) is 0 Å². The SMILES string of the molecule is CCN(CCC(=O)O)C(=O)C1(CCOC)CCCC1. The van der Waals surface area contributed by atoms with E-state index in [1.54, 1.807) is 12.0 Å². The number of carboxylic acid groups (broad SMARTS) is 1. The average molecular weight is 271 g/mol. The van der Waals surface area contributed by atoms with Gasteiger partial charge in [0.1, 0.15) is 0 Å². The molecule has 0 unspecified atom stereocenters. The molecule has 0 bridgehead atoms. The summed E-state index contributed by atoms with van der Waals surface area (Å²) < 4.78 is 5.13. The molecule has 1 aliphatic carbocycles. The molecule has 0 aromatic rings. The van der Waals surface area contributed by atoms with E-state index < -0.39 is 5.97 Å². The summed E-state index contributed by atoms with van der Waals surface area (Å²) in [6, 6.07) is 0. The fourth-order valence-electron chi connectivity index (χ4n) is 2.89. The molecular weight excluding hydrogens is 246 g/mol. The Bertz CT molecular complexity index is 311. The predicted molar refractivity (Wildman–Crippen MR) is 71.9 cm³/mol. The minimum absolute atomic E-state index is 0.0138. The van der Waals surface area contributed by atoms with Crippen molar-refractivity contribution in [1.82, 2.24) is 4.90 Å². The molecule has 1 amide bonds. The standard InChI is InChI=1S/C14H25NO4/c1-3-15(10-6-12(16)17)13(18)14(9-11-19-2)7-4-5-8-14/h3-11H2,1-2H3,(H,16,17). The molecule has 5 nitrogen and oxygen atoms in total. The zero-order valence-electron chi connectivity index (χ0n) is 12.0. The number of carboxylic acids is 1. The number of rotatable bonds is 8. The van der Waals surface area contributed by atoms with E-state index in [0.717, 1.165) is 32.1 Å². The van der Waals surface area contributed by atoms with Crippen molar-refractivity contribution in [3.8, 4) is 0 Å². The Hall–Kier alpha value is -1.10. The number of amides is 1. The fraction of sp³-hybridized carbons (Fsp3) is 0.857. The Morgan fingerprint density at radius 1 is 1.32 bits per heavy atom. The van der Waals surface area contributed by atoms with Gasteiger partial charge in [0.2, 0.25) is 5.91 Å². The van der Waals surface area contributed by atoms with Crippen molar-refractivity contribution in [2.75, 3.05) is 26.8 Å². The summed E-state index contributed by atoms with van der Waals surface area (Å²) in [4.78, 5) is 25.0. The number of hydrogen-bond acceptors (Lipinski definition) is 3. The molecule has 1 N–H and O–H groups in total. The molecule has 0 aromatic heterocycles. The summed E-state index contributed by atoms with van der Waals surface area (Å²) in [5.41, 5.74) is -0.315. The summed E-state index contributed by atoms with van der Waals surface area (Å²) in [5.74, 6) is -0.741. The van der Waals surface area contributed by atoms with Crippen LogP contribution in [0.1, 0.15) is 45.4 Å². The van der Waals surface area contributed by atoms with Crippen LogP contribution in [0.5, 0.6) is 0 Å². The molecular formula is C14H25NO4. The lowest BCUT2D eigenvalue weighted by Gasteiger charge is -2.33. The van der Waals surface area contributed by atoms with E-state index in [0.29, 0.717) is 19.7 Å². The highest BCUT2D eigenvalue weighted by atomic mass is 16.5. The minimum Gasteiger partial charge on any atom is -0.481 e. The number of aliphatic carboxylic acids is 1. The quantitative estimate of drug-likeness (QED) is 0.732. The van der Waals surface area contributed by atoms with E-state index in [2.05, 4.69) is 0 Å². The maximum absolute atomic E-state index is 12.7. The highest BCUT2D eigenvalue weighted by molar-refractivity contribution is 5.83. The van der Waals surface area contributed by atoms with Crippen LogP contribution in [0.25, 0.3) is 0 Å². The Balaban J connectivity index is 2.70. The molecule has 1 fully saturated rings. The lowest BCUT2D eigenvalue weighted by molar-refractivity contribution is -0.144. The molecule has 0 radical (unpaired) electrons. The van der Waals surface area contributed by atoms with Gasteiger partial charge in [-0.3, -0.25) is 9.59 Å². The summed E-state index contributed by atoms with van der Waals surface area (Å²) in [6.07, 6.45) is 4.71. The van der Waals surface area contributed by atoms with Crippen LogP contribution in [0.15, 0.2) is 0 Å². The second-order valence-corrected chi connectivity index (χ2v) is 5.26. The molecule has 0 saturated heterocycles. The van der Waals surface area contributed by atoms with Crippen molar-refractivity contribution < 1.29 is 19.4 Å². The third kappa shape index (κ3) is 4.20. The molecule has 0 heterocycles. The molecule has 0 atom stereocenters. The van der Waals surface area contributed by atoms with Gasteiger partial charge in [0.05, 0.1) is 11.8 Å². The topological polar surface area (TPSA) is 66.8 Å². The predicted octanol–water partition coefficient (Wildman–Crippen LogP) is 1.91. The van der Waals surface area contributed by atoms with Crippen LogP contribution in [-0.2, 0) is 14.3 Å². The van der Waals surface area contributed by atoms with E-state index >= 15 is 0 Å². The first-order chi connectivity index (χ1) is 9.05. The molecule has 0 aromatic carbocycles. The molecule has 1 saturated carbocycles. The lowest BCUT2D eigenvalue weighted by atomic mass is 9.81. The van der Waals surface area contributed by atoms with Gasteiger partial charge in [-0.15, -0.1) is 0 Å². The van der Waals surface area contributed by atoms with E-state index in [4.69, 9.17) is 9.84 Å². The van der Waals surface area contributed by atoms with Gasteiger partial charge in [0.15, 0.2) is 0 Å². The summed E-state index contributed by atoms with van der Waals surface area (Å²) >= 11 is 0. The lowest BCUT2D eigenvalue weighted by Crippen LogP contribution is -2.44. The van der Waals surface area contributed by atoms with Crippen molar-refractivity contribution in [2.24, 2.45) is 5.41 Å². The van der Waals surface area contributed by atoms with Crippen LogP contribution < -0.4 is 0 Å². The van der Waals surface area contributed by atoms with Gasteiger partial charge in [0, 0.05) is 26.8 Å². The highest BCUT2D eigenvalue weighted by Gasteiger charge is 2.42. The first-order valence-corrected chi connectivity index (χ1v) is 7.06. The molecule has 110 valence electrons. The third-order valence-corrected chi connectivity index (χ3v) is 4.06. The van der Waals surface area contributed by atoms with Crippen LogP contribution in [0.3, 0.4) is 0 Å².